The van der Waals surface area contributed by atoms with Crippen molar-refractivity contribution in [3.8, 4) is 0 Å². The molecule has 0 heterocycles. The van der Waals surface area contributed by atoms with E-state index in [2.05, 4.69) is 5.32 Å². The molecule has 2 heteroatoms. The topological polar surface area (TPSA) is 21.3 Å². The Balaban J connectivity index is 0. The number of rotatable bonds is 3. The molecule has 0 amide bonds. The quantitative estimate of drug-likeness (QED) is 0.611. The first-order chi connectivity index (χ1) is 4.85. The highest BCUT2D eigenvalue weighted by Crippen LogP contribution is 1.89. The standard InChI is InChI=1S/C6H13NO.C2H6/c1-4-6(8-3)5-7-2;1-2/h4,7H,5H2,1-3H3;1-2H3/b6-4-;. The van der Waals surface area contributed by atoms with Crippen LogP contribution < -0.4 is 5.32 Å². The highest BCUT2D eigenvalue weighted by Gasteiger charge is 1.86. The number of hydrogen-bond acceptors (Lipinski definition) is 2. The van der Waals surface area contributed by atoms with Gasteiger partial charge in [-0.2, -0.15) is 0 Å². The van der Waals surface area contributed by atoms with Crippen LogP contribution >= 0.6 is 0 Å². The first kappa shape index (κ1) is 12.2. The summed E-state index contributed by atoms with van der Waals surface area (Å²) >= 11 is 0. The molecule has 0 atom stereocenters. The maximum Gasteiger partial charge on any atom is 0.105 e. The lowest BCUT2D eigenvalue weighted by atomic mass is 10.4. The highest BCUT2D eigenvalue weighted by atomic mass is 16.5. The van der Waals surface area contributed by atoms with Crippen LogP contribution in [0.1, 0.15) is 20.8 Å². The zero-order valence-corrected chi connectivity index (χ0v) is 7.69. The fourth-order valence-electron chi connectivity index (χ4n) is 0.466. The average molecular weight is 145 g/mol. The first-order valence-electron chi connectivity index (χ1n) is 3.69. The van der Waals surface area contributed by atoms with E-state index in [-0.39, 0.29) is 0 Å². The normalized spacial score (nSPS) is 9.90. The monoisotopic (exact) mass is 145 g/mol. The lowest BCUT2D eigenvalue weighted by molar-refractivity contribution is 0.281. The van der Waals surface area contributed by atoms with Crippen LogP contribution in [-0.2, 0) is 4.74 Å². The van der Waals surface area contributed by atoms with E-state index in [1.165, 1.54) is 0 Å². The predicted octanol–water partition coefficient (Wildman–Crippen LogP) is 1.78. The molecule has 0 spiro atoms. The van der Waals surface area contributed by atoms with Gasteiger partial charge in [0.25, 0.3) is 0 Å². The van der Waals surface area contributed by atoms with Gasteiger partial charge in [-0.25, -0.2) is 0 Å². The van der Waals surface area contributed by atoms with E-state index in [1.54, 1.807) is 7.11 Å². The van der Waals surface area contributed by atoms with Crippen LogP contribution in [-0.4, -0.2) is 20.7 Å². The van der Waals surface area contributed by atoms with Gasteiger partial charge in [0, 0.05) is 0 Å². The molecule has 0 saturated heterocycles. The summed E-state index contributed by atoms with van der Waals surface area (Å²) in [6.07, 6.45) is 1.94. The fourth-order valence-corrected chi connectivity index (χ4v) is 0.466. The molecule has 0 aliphatic rings. The third-order valence-electron chi connectivity index (χ3n) is 0.935. The minimum atomic E-state index is 0.812. The smallest absolute Gasteiger partial charge is 0.105 e. The van der Waals surface area contributed by atoms with E-state index >= 15 is 0 Å². The Bertz CT molecular complexity index is 79.3. The van der Waals surface area contributed by atoms with E-state index in [0.717, 1.165) is 12.3 Å². The summed E-state index contributed by atoms with van der Waals surface area (Å²) in [6.45, 7) is 6.77. The molecular formula is C8H19NO. The number of methoxy groups -OCH3 is 1. The Morgan fingerprint density at radius 1 is 1.50 bits per heavy atom. The van der Waals surface area contributed by atoms with E-state index in [4.69, 9.17) is 4.74 Å². The molecule has 0 aromatic heterocycles. The highest BCUT2D eigenvalue weighted by molar-refractivity contribution is 4.91. The third-order valence-corrected chi connectivity index (χ3v) is 0.935. The first-order valence-corrected chi connectivity index (χ1v) is 3.69. The molecule has 0 saturated carbocycles. The second-order valence-corrected chi connectivity index (χ2v) is 1.49. The molecule has 1 N–H and O–H groups in total. The van der Waals surface area contributed by atoms with Crippen molar-refractivity contribution in [1.29, 1.82) is 0 Å². The molecular weight excluding hydrogens is 126 g/mol. The molecule has 0 aliphatic carbocycles. The van der Waals surface area contributed by atoms with Crippen molar-refractivity contribution in [2.24, 2.45) is 0 Å². The van der Waals surface area contributed by atoms with Crippen molar-refractivity contribution in [2.45, 2.75) is 20.8 Å². The van der Waals surface area contributed by atoms with Crippen LogP contribution in [0.2, 0.25) is 0 Å². The van der Waals surface area contributed by atoms with E-state index in [0.29, 0.717) is 0 Å². The van der Waals surface area contributed by atoms with Crippen LogP contribution in [0.15, 0.2) is 11.8 Å². The van der Waals surface area contributed by atoms with Crippen molar-refractivity contribution in [2.75, 3.05) is 20.7 Å². The zero-order valence-electron chi connectivity index (χ0n) is 7.69. The van der Waals surface area contributed by atoms with Gasteiger partial charge in [0.1, 0.15) is 5.76 Å². The van der Waals surface area contributed by atoms with Crippen molar-refractivity contribution in [1.82, 2.24) is 5.32 Å². The summed E-state index contributed by atoms with van der Waals surface area (Å²) in [5.74, 6) is 0.979. The number of nitrogens with one attached hydrogen (secondary N) is 1. The zero-order chi connectivity index (χ0) is 8.41. The average Bonchev–Trinajstić information content (AvgIpc) is 2.04. The molecule has 0 unspecified atom stereocenters. The molecule has 62 valence electrons. The van der Waals surface area contributed by atoms with Gasteiger partial charge in [0.15, 0.2) is 0 Å². The van der Waals surface area contributed by atoms with Gasteiger partial charge in [-0.1, -0.05) is 13.8 Å². The molecule has 0 radical (unpaired) electrons. The Morgan fingerprint density at radius 3 is 2.10 bits per heavy atom. The van der Waals surface area contributed by atoms with Crippen molar-refractivity contribution in [3.05, 3.63) is 11.8 Å². The minimum Gasteiger partial charge on any atom is -0.500 e. The summed E-state index contributed by atoms with van der Waals surface area (Å²) < 4.78 is 4.94. The summed E-state index contributed by atoms with van der Waals surface area (Å²) in [5, 5.41) is 2.98. The van der Waals surface area contributed by atoms with Gasteiger partial charge >= 0.3 is 0 Å². The second-order valence-electron chi connectivity index (χ2n) is 1.49. The van der Waals surface area contributed by atoms with Crippen LogP contribution in [0, 0.1) is 0 Å². The molecule has 0 aliphatic heterocycles. The van der Waals surface area contributed by atoms with Crippen LogP contribution in [0.25, 0.3) is 0 Å². The van der Waals surface area contributed by atoms with Crippen molar-refractivity contribution in [3.63, 3.8) is 0 Å². The summed E-state index contributed by atoms with van der Waals surface area (Å²) in [7, 11) is 3.56. The second kappa shape index (κ2) is 11.3. The minimum absolute atomic E-state index is 0.812. The Hall–Kier alpha value is -0.500. The van der Waals surface area contributed by atoms with Gasteiger partial charge in [-0.05, 0) is 20.0 Å². The summed E-state index contributed by atoms with van der Waals surface area (Å²) in [4.78, 5) is 0. The number of likely N-dealkylation sites (N-methyl/N-ethyl adjacent to an activating group) is 1. The SMILES string of the molecule is C/C=C(/CNC)OC.CC. The maximum atomic E-state index is 4.94. The Kier molecular flexibility index (Phi) is 13.8. The molecule has 0 aromatic carbocycles. The molecule has 10 heavy (non-hydrogen) atoms. The third kappa shape index (κ3) is 7.50. The molecule has 0 aromatic rings. The van der Waals surface area contributed by atoms with Crippen molar-refractivity contribution < 1.29 is 4.74 Å². The predicted molar refractivity (Wildman–Crippen MR) is 46.0 cm³/mol. The fraction of sp³-hybridized carbons (Fsp3) is 0.750. The van der Waals surface area contributed by atoms with Crippen molar-refractivity contribution >= 4 is 0 Å². The Morgan fingerprint density at radius 2 is 2.00 bits per heavy atom. The van der Waals surface area contributed by atoms with Gasteiger partial charge in [-0.15, -0.1) is 0 Å². The molecule has 0 rings (SSSR count). The van der Waals surface area contributed by atoms with E-state index < -0.39 is 0 Å². The van der Waals surface area contributed by atoms with Crippen LogP contribution in [0.5, 0.6) is 0 Å². The van der Waals surface area contributed by atoms with Gasteiger partial charge in [0.2, 0.25) is 0 Å². The summed E-state index contributed by atoms with van der Waals surface area (Å²) in [5.41, 5.74) is 0. The largest absolute Gasteiger partial charge is 0.500 e. The van der Waals surface area contributed by atoms with Gasteiger partial charge in [-0.3, -0.25) is 0 Å². The lowest BCUT2D eigenvalue weighted by Gasteiger charge is -2.01. The molecule has 2 nitrogen and oxygen atoms in total. The lowest BCUT2D eigenvalue weighted by Crippen LogP contribution is -2.11. The number of allylic oxidation sites excluding steroid dienone is 1. The number of hydrogen-bond donors (Lipinski definition) is 1. The number of ether oxygens (including phenoxy) is 1. The van der Waals surface area contributed by atoms with E-state index in [9.17, 15) is 0 Å². The molecule has 0 bridgehead atoms. The van der Waals surface area contributed by atoms with Crippen LogP contribution in [0.3, 0.4) is 0 Å². The maximum absolute atomic E-state index is 4.94. The summed E-state index contributed by atoms with van der Waals surface area (Å²) in [6, 6.07) is 0. The van der Waals surface area contributed by atoms with E-state index in [1.807, 2.05) is 33.9 Å². The van der Waals surface area contributed by atoms with Gasteiger partial charge in [0.05, 0.1) is 13.7 Å². The van der Waals surface area contributed by atoms with Crippen LogP contribution in [0.4, 0.5) is 0 Å². The Labute approximate surface area is 64.3 Å². The van der Waals surface area contributed by atoms with Gasteiger partial charge < -0.3 is 10.1 Å². The molecule has 0 fully saturated rings.